The van der Waals surface area contributed by atoms with Crippen molar-refractivity contribution in [3.05, 3.63) is 64.8 Å². The number of aromatic nitrogens is 2. The van der Waals surface area contributed by atoms with Gasteiger partial charge < -0.3 is 19.7 Å². The summed E-state index contributed by atoms with van der Waals surface area (Å²) in [6.07, 6.45) is -4.00. The van der Waals surface area contributed by atoms with E-state index in [9.17, 15) is 13.2 Å². The van der Waals surface area contributed by atoms with Gasteiger partial charge in [-0.15, -0.1) is 0 Å². The Morgan fingerprint density at radius 1 is 1.17 bits per heavy atom. The molecule has 4 rings (SSSR count). The Kier molecular flexibility index (Phi) is 7.10. The monoisotopic (exact) mass is 489 g/mol. The standard InChI is InChI=1S/C24H26F3N5O3/c1-31(2)12-15-8-9-19(21(10-15)33-4)29-23-28-11-18(24(25,26)27)22(30-23)35-20-7-5-6-16-13-32(3)34-14-17(16)20/h5-11H,12-14H2,1-4H3,(H,28,29,30). The predicted octanol–water partition coefficient (Wildman–Crippen LogP) is 4.98. The molecule has 1 aliphatic rings. The van der Waals surface area contributed by atoms with Crippen LogP contribution >= 0.6 is 0 Å². The van der Waals surface area contributed by atoms with Crippen molar-refractivity contribution in [2.75, 3.05) is 33.6 Å². The Labute approximate surface area is 201 Å². The van der Waals surface area contributed by atoms with Crippen LogP contribution in [0.1, 0.15) is 22.3 Å². The van der Waals surface area contributed by atoms with Crippen LogP contribution in [-0.2, 0) is 30.7 Å². The quantitative estimate of drug-likeness (QED) is 0.499. The minimum Gasteiger partial charge on any atom is -0.495 e. The van der Waals surface area contributed by atoms with Gasteiger partial charge in [0.15, 0.2) is 0 Å². The van der Waals surface area contributed by atoms with Crippen molar-refractivity contribution in [2.24, 2.45) is 0 Å². The van der Waals surface area contributed by atoms with Gasteiger partial charge in [-0.1, -0.05) is 18.2 Å². The highest BCUT2D eigenvalue weighted by Crippen LogP contribution is 2.39. The molecule has 186 valence electrons. The van der Waals surface area contributed by atoms with Crippen LogP contribution in [0.2, 0.25) is 0 Å². The summed E-state index contributed by atoms with van der Waals surface area (Å²) in [6, 6.07) is 10.7. The first-order valence-corrected chi connectivity index (χ1v) is 10.8. The fraction of sp³-hybridized carbons (Fsp3) is 0.333. The van der Waals surface area contributed by atoms with Crippen LogP contribution in [0.3, 0.4) is 0 Å². The zero-order chi connectivity index (χ0) is 25.2. The molecule has 0 atom stereocenters. The van der Waals surface area contributed by atoms with E-state index in [0.717, 1.165) is 11.1 Å². The fourth-order valence-corrected chi connectivity index (χ4v) is 3.70. The average Bonchev–Trinajstić information content (AvgIpc) is 2.79. The zero-order valence-electron chi connectivity index (χ0n) is 19.8. The van der Waals surface area contributed by atoms with Crippen LogP contribution in [0.5, 0.6) is 17.4 Å². The molecule has 8 nitrogen and oxygen atoms in total. The van der Waals surface area contributed by atoms with Gasteiger partial charge in [-0.25, -0.2) is 4.98 Å². The molecule has 0 radical (unpaired) electrons. The van der Waals surface area contributed by atoms with E-state index in [1.807, 2.05) is 37.2 Å². The van der Waals surface area contributed by atoms with Crippen molar-refractivity contribution in [1.29, 1.82) is 0 Å². The molecule has 0 unspecified atom stereocenters. The first-order chi connectivity index (χ1) is 16.6. The maximum absolute atomic E-state index is 13.7. The van der Waals surface area contributed by atoms with Crippen LogP contribution in [0, 0.1) is 0 Å². The number of nitrogens with one attached hydrogen (secondary N) is 1. The molecule has 35 heavy (non-hydrogen) atoms. The molecule has 1 N–H and O–H groups in total. The number of methoxy groups -OCH3 is 1. The van der Waals surface area contributed by atoms with Crippen LogP contribution < -0.4 is 14.8 Å². The van der Waals surface area contributed by atoms with Crippen molar-refractivity contribution in [1.82, 2.24) is 19.9 Å². The van der Waals surface area contributed by atoms with E-state index in [2.05, 4.69) is 15.3 Å². The third kappa shape index (κ3) is 5.81. The number of anilines is 2. The summed E-state index contributed by atoms with van der Waals surface area (Å²) in [4.78, 5) is 15.5. The summed E-state index contributed by atoms with van der Waals surface area (Å²) < 4.78 is 52.4. The summed E-state index contributed by atoms with van der Waals surface area (Å²) in [6.45, 7) is 1.36. The number of alkyl halides is 3. The van der Waals surface area contributed by atoms with Crippen LogP contribution in [0.4, 0.5) is 24.8 Å². The molecule has 11 heteroatoms. The molecule has 3 aromatic rings. The number of benzene rings is 2. The van der Waals surface area contributed by atoms with Gasteiger partial charge in [-0.2, -0.15) is 23.2 Å². The summed E-state index contributed by atoms with van der Waals surface area (Å²) >= 11 is 0. The van der Waals surface area contributed by atoms with Gasteiger partial charge in [0.2, 0.25) is 11.8 Å². The molecule has 0 saturated heterocycles. The SMILES string of the molecule is COc1cc(CN(C)C)ccc1Nc1ncc(C(F)(F)F)c(Oc2cccc3c2CON(C)C3)n1. The molecular weight excluding hydrogens is 463 g/mol. The summed E-state index contributed by atoms with van der Waals surface area (Å²) in [5.41, 5.74) is 2.01. The van der Waals surface area contributed by atoms with Crippen molar-refractivity contribution >= 4 is 11.6 Å². The molecule has 0 fully saturated rings. The molecule has 0 aliphatic carbocycles. The van der Waals surface area contributed by atoms with Gasteiger partial charge >= 0.3 is 6.18 Å². The normalized spacial score (nSPS) is 14.1. The van der Waals surface area contributed by atoms with Gasteiger partial charge in [0.1, 0.15) is 17.1 Å². The maximum Gasteiger partial charge on any atom is 0.423 e. The van der Waals surface area contributed by atoms with Gasteiger partial charge in [-0.3, -0.25) is 4.84 Å². The minimum absolute atomic E-state index is 0.0626. The summed E-state index contributed by atoms with van der Waals surface area (Å²) in [7, 11) is 7.19. The van der Waals surface area contributed by atoms with E-state index in [1.165, 1.54) is 7.11 Å². The van der Waals surface area contributed by atoms with Crippen LogP contribution in [-0.4, -0.2) is 48.2 Å². The fourth-order valence-electron chi connectivity index (χ4n) is 3.70. The van der Waals surface area contributed by atoms with E-state index in [4.69, 9.17) is 14.3 Å². The van der Waals surface area contributed by atoms with Gasteiger partial charge in [-0.05, 0) is 43.4 Å². The smallest absolute Gasteiger partial charge is 0.423 e. The van der Waals surface area contributed by atoms with E-state index < -0.39 is 17.6 Å². The minimum atomic E-state index is -4.70. The Hall–Kier alpha value is -3.41. The van der Waals surface area contributed by atoms with E-state index >= 15 is 0 Å². The largest absolute Gasteiger partial charge is 0.495 e. The zero-order valence-corrected chi connectivity index (χ0v) is 19.8. The lowest BCUT2D eigenvalue weighted by atomic mass is 10.1. The number of ether oxygens (including phenoxy) is 2. The molecule has 1 aliphatic heterocycles. The Morgan fingerprint density at radius 3 is 2.69 bits per heavy atom. The Morgan fingerprint density at radius 2 is 1.97 bits per heavy atom. The number of hydroxylamine groups is 2. The van der Waals surface area contributed by atoms with Crippen molar-refractivity contribution in [3.8, 4) is 17.4 Å². The predicted molar refractivity (Wildman–Crippen MR) is 123 cm³/mol. The number of hydrogen-bond acceptors (Lipinski definition) is 8. The van der Waals surface area contributed by atoms with Crippen LogP contribution in [0.25, 0.3) is 0 Å². The van der Waals surface area contributed by atoms with Gasteiger partial charge in [0.25, 0.3) is 0 Å². The van der Waals surface area contributed by atoms with E-state index in [0.29, 0.717) is 36.3 Å². The molecule has 0 spiro atoms. The molecule has 0 amide bonds. The number of rotatable bonds is 7. The van der Waals surface area contributed by atoms with Crippen LogP contribution in [0.15, 0.2) is 42.6 Å². The van der Waals surface area contributed by atoms with E-state index in [-0.39, 0.29) is 18.3 Å². The molecular formula is C24H26F3N5O3. The highest BCUT2D eigenvalue weighted by atomic mass is 19.4. The van der Waals surface area contributed by atoms with Crippen molar-refractivity contribution in [3.63, 3.8) is 0 Å². The first kappa shape index (κ1) is 24.7. The number of halogens is 3. The second kappa shape index (κ2) is 10.1. The molecule has 2 aromatic carbocycles. The Balaban J connectivity index is 1.67. The second-order valence-corrected chi connectivity index (χ2v) is 8.36. The number of fused-ring (bicyclic) bond motifs is 1. The van der Waals surface area contributed by atoms with Crippen molar-refractivity contribution < 1.29 is 27.5 Å². The molecule has 2 heterocycles. The highest BCUT2D eigenvalue weighted by molar-refractivity contribution is 5.63. The Bertz CT molecular complexity index is 1200. The lowest BCUT2D eigenvalue weighted by molar-refractivity contribution is -0.168. The van der Waals surface area contributed by atoms with E-state index in [1.54, 1.807) is 30.3 Å². The molecule has 0 bridgehead atoms. The lowest BCUT2D eigenvalue weighted by Gasteiger charge is -2.26. The molecule has 0 saturated carbocycles. The van der Waals surface area contributed by atoms with Gasteiger partial charge in [0.05, 0.1) is 19.4 Å². The summed E-state index contributed by atoms with van der Waals surface area (Å²) in [5, 5.41) is 4.59. The maximum atomic E-state index is 13.7. The third-order valence-corrected chi connectivity index (χ3v) is 5.33. The third-order valence-electron chi connectivity index (χ3n) is 5.33. The van der Waals surface area contributed by atoms with Gasteiger partial charge in [0, 0.05) is 31.9 Å². The first-order valence-electron chi connectivity index (χ1n) is 10.8. The molecule has 1 aromatic heterocycles. The number of nitrogens with zero attached hydrogens (tertiary/aromatic N) is 4. The average molecular weight is 489 g/mol. The summed E-state index contributed by atoms with van der Waals surface area (Å²) in [5.74, 6) is 0.0862. The highest BCUT2D eigenvalue weighted by Gasteiger charge is 2.37. The lowest BCUT2D eigenvalue weighted by Crippen LogP contribution is -2.24. The topological polar surface area (TPSA) is 72.0 Å². The van der Waals surface area contributed by atoms with Crippen molar-refractivity contribution in [2.45, 2.75) is 25.9 Å². The second-order valence-electron chi connectivity index (χ2n) is 8.36. The number of hydrogen-bond donors (Lipinski definition) is 1.